The molecule has 0 aliphatic rings. The van der Waals surface area contributed by atoms with Crippen molar-refractivity contribution < 1.29 is 14.6 Å². The first-order chi connectivity index (χ1) is 9.10. The van der Waals surface area contributed by atoms with Gasteiger partial charge in [-0.25, -0.2) is 0 Å². The van der Waals surface area contributed by atoms with Crippen molar-refractivity contribution >= 4 is 10.9 Å². The first-order valence-corrected chi connectivity index (χ1v) is 5.73. The van der Waals surface area contributed by atoms with Crippen LogP contribution in [0.2, 0.25) is 0 Å². The highest BCUT2D eigenvalue weighted by Gasteiger charge is 2.17. The number of benzene rings is 1. The van der Waals surface area contributed by atoms with E-state index in [1.54, 1.807) is 19.2 Å². The van der Waals surface area contributed by atoms with Gasteiger partial charge in [-0.15, -0.1) is 0 Å². The molecule has 0 aliphatic carbocycles. The normalized spacial score (nSPS) is 10.4. The third kappa shape index (κ3) is 2.14. The summed E-state index contributed by atoms with van der Waals surface area (Å²) in [6.07, 6.45) is 1.56. The monoisotopic (exact) mass is 261 g/mol. The third-order valence-corrected chi connectivity index (χ3v) is 2.84. The zero-order valence-corrected chi connectivity index (χ0v) is 10.8. The van der Waals surface area contributed by atoms with Gasteiger partial charge in [0, 0.05) is 18.5 Å². The van der Waals surface area contributed by atoms with Crippen molar-refractivity contribution in [3.8, 4) is 17.2 Å². The number of methoxy groups -OCH3 is 1. The van der Waals surface area contributed by atoms with E-state index in [0.29, 0.717) is 16.7 Å². The molecule has 2 aromatic rings. The Bertz CT molecular complexity index is 688. The number of aromatic hydroxyl groups is 1. The molecule has 0 aliphatic heterocycles. The standard InChI is InChI=1S/C14H15NO4/c1-4-7-19-13-12(18-3)10-6-5-9(16)8-11(10)15(2)14(13)17/h4-6,8,16H,1,7H2,2-3H3. The van der Waals surface area contributed by atoms with Crippen molar-refractivity contribution in [1.82, 2.24) is 4.57 Å². The molecule has 2 rings (SSSR count). The molecule has 1 N–H and O–H groups in total. The van der Waals surface area contributed by atoms with Gasteiger partial charge in [0.15, 0.2) is 5.75 Å². The van der Waals surface area contributed by atoms with Gasteiger partial charge in [0.25, 0.3) is 5.56 Å². The summed E-state index contributed by atoms with van der Waals surface area (Å²) in [5, 5.41) is 10.2. The van der Waals surface area contributed by atoms with E-state index in [2.05, 4.69) is 6.58 Å². The molecular formula is C14H15NO4. The second-order valence-corrected chi connectivity index (χ2v) is 4.03. The van der Waals surface area contributed by atoms with Gasteiger partial charge in [0.2, 0.25) is 5.75 Å². The summed E-state index contributed by atoms with van der Waals surface area (Å²) in [5.74, 6) is 0.590. The molecule has 0 saturated heterocycles. The summed E-state index contributed by atoms with van der Waals surface area (Å²) in [6.45, 7) is 3.77. The Morgan fingerprint density at radius 2 is 2.16 bits per heavy atom. The van der Waals surface area contributed by atoms with Crippen LogP contribution in [0.1, 0.15) is 0 Å². The van der Waals surface area contributed by atoms with Crippen LogP contribution >= 0.6 is 0 Å². The lowest BCUT2D eigenvalue weighted by atomic mass is 10.1. The van der Waals surface area contributed by atoms with Crippen LogP contribution in [0.15, 0.2) is 35.6 Å². The molecular weight excluding hydrogens is 246 g/mol. The van der Waals surface area contributed by atoms with Gasteiger partial charge in [0.05, 0.1) is 12.6 Å². The number of fused-ring (bicyclic) bond motifs is 1. The molecule has 0 saturated carbocycles. The van der Waals surface area contributed by atoms with Gasteiger partial charge in [-0.3, -0.25) is 4.79 Å². The summed E-state index contributed by atoms with van der Waals surface area (Å²) >= 11 is 0. The van der Waals surface area contributed by atoms with E-state index in [4.69, 9.17) is 9.47 Å². The number of nitrogens with zero attached hydrogens (tertiary/aromatic N) is 1. The van der Waals surface area contributed by atoms with Crippen LogP contribution in [0.4, 0.5) is 0 Å². The Hall–Kier alpha value is -2.43. The van der Waals surface area contributed by atoms with Gasteiger partial charge in [-0.1, -0.05) is 12.7 Å². The highest BCUT2D eigenvalue weighted by atomic mass is 16.5. The fraction of sp³-hybridized carbons (Fsp3) is 0.214. The molecule has 0 fully saturated rings. The molecule has 5 nitrogen and oxygen atoms in total. The smallest absolute Gasteiger partial charge is 0.297 e. The first kappa shape index (κ1) is 13.0. The number of phenolic OH excluding ortho intramolecular Hbond substituents is 1. The molecule has 100 valence electrons. The van der Waals surface area contributed by atoms with Crippen LogP contribution in [-0.2, 0) is 7.05 Å². The second kappa shape index (κ2) is 5.06. The number of ether oxygens (including phenoxy) is 2. The van der Waals surface area contributed by atoms with Crippen LogP contribution in [0.3, 0.4) is 0 Å². The summed E-state index contributed by atoms with van der Waals surface area (Å²) in [4.78, 5) is 12.2. The fourth-order valence-electron chi connectivity index (χ4n) is 1.94. The highest BCUT2D eigenvalue weighted by Crippen LogP contribution is 2.33. The van der Waals surface area contributed by atoms with Crippen molar-refractivity contribution in [2.24, 2.45) is 7.05 Å². The second-order valence-electron chi connectivity index (χ2n) is 4.03. The highest BCUT2D eigenvalue weighted by molar-refractivity contribution is 5.88. The Morgan fingerprint density at radius 1 is 1.42 bits per heavy atom. The van der Waals surface area contributed by atoms with E-state index in [9.17, 15) is 9.90 Å². The number of aryl methyl sites for hydroxylation is 1. The predicted molar refractivity (Wildman–Crippen MR) is 73.1 cm³/mol. The third-order valence-electron chi connectivity index (χ3n) is 2.84. The minimum absolute atomic E-state index is 0.0873. The maximum Gasteiger partial charge on any atom is 0.297 e. The Balaban J connectivity index is 2.82. The number of phenols is 1. The average molecular weight is 261 g/mol. The summed E-state index contributed by atoms with van der Waals surface area (Å²) in [7, 11) is 3.09. The van der Waals surface area contributed by atoms with Gasteiger partial charge >= 0.3 is 0 Å². The van der Waals surface area contributed by atoms with Crippen molar-refractivity contribution in [2.75, 3.05) is 13.7 Å². The molecule has 0 atom stereocenters. The maximum absolute atomic E-state index is 12.2. The molecule has 0 unspecified atom stereocenters. The fourth-order valence-corrected chi connectivity index (χ4v) is 1.94. The van der Waals surface area contributed by atoms with Gasteiger partial charge in [0.1, 0.15) is 12.4 Å². The molecule has 19 heavy (non-hydrogen) atoms. The molecule has 0 amide bonds. The van der Waals surface area contributed by atoms with Gasteiger partial charge in [-0.2, -0.15) is 0 Å². The van der Waals surface area contributed by atoms with Crippen molar-refractivity contribution in [1.29, 1.82) is 0 Å². The van der Waals surface area contributed by atoms with Crippen LogP contribution < -0.4 is 15.0 Å². The number of pyridine rings is 1. The van der Waals surface area contributed by atoms with Gasteiger partial charge in [-0.05, 0) is 12.1 Å². The van der Waals surface area contributed by atoms with E-state index in [1.807, 2.05) is 0 Å². The average Bonchev–Trinajstić information content (AvgIpc) is 2.41. The quantitative estimate of drug-likeness (QED) is 0.853. The summed E-state index contributed by atoms with van der Waals surface area (Å²) < 4.78 is 12.1. The number of hydrogen-bond acceptors (Lipinski definition) is 4. The van der Waals surface area contributed by atoms with Gasteiger partial charge < -0.3 is 19.1 Å². The first-order valence-electron chi connectivity index (χ1n) is 5.73. The molecule has 5 heteroatoms. The molecule has 0 bridgehead atoms. The van der Waals surface area contributed by atoms with E-state index in [-0.39, 0.29) is 23.7 Å². The van der Waals surface area contributed by atoms with E-state index < -0.39 is 0 Å². The van der Waals surface area contributed by atoms with Crippen LogP contribution in [0.5, 0.6) is 17.2 Å². The lowest BCUT2D eigenvalue weighted by Gasteiger charge is -2.14. The predicted octanol–water partition coefficient (Wildman–Crippen LogP) is 1.82. The molecule has 1 heterocycles. The largest absolute Gasteiger partial charge is 0.508 e. The zero-order valence-electron chi connectivity index (χ0n) is 10.8. The number of aromatic nitrogens is 1. The van der Waals surface area contributed by atoms with Crippen LogP contribution in [-0.4, -0.2) is 23.4 Å². The van der Waals surface area contributed by atoms with E-state index >= 15 is 0 Å². The lowest BCUT2D eigenvalue weighted by Crippen LogP contribution is -2.20. The zero-order chi connectivity index (χ0) is 14.0. The number of hydrogen-bond donors (Lipinski definition) is 1. The van der Waals surface area contributed by atoms with Crippen molar-refractivity contribution in [3.63, 3.8) is 0 Å². The maximum atomic E-state index is 12.2. The minimum Gasteiger partial charge on any atom is -0.508 e. The molecule has 1 aromatic carbocycles. The summed E-state index contributed by atoms with van der Waals surface area (Å²) in [5.41, 5.74) is 0.254. The Labute approximate surface area is 110 Å². The lowest BCUT2D eigenvalue weighted by molar-refractivity contribution is 0.322. The van der Waals surface area contributed by atoms with Crippen LogP contribution in [0, 0.1) is 0 Å². The summed E-state index contributed by atoms with van der Waals surface area (Å²) in [6, 6.07) is 4.73. The van der Waals surface area contributed by atoms with E-state index in [1.165, 1.54) is 23.8 Å². The van der Waals surface area contributed by atoms with Crippen LogP contribution in [0.25, 0.3) is 10.9 Å². The number of rotatable bonds is 4. The Morgan fingerprint density at radius 3 is 2.79 bits per heavy atom. The molecule has 0 spiro atoms. The molecule has 1 aromatic heterocycles. The SMILES string of the molecule is C=CCOc1c(OC)c2ccc(O)cc2n(C)c1=O. The van der Waals surface area contributed by atoms with Crippen molar-refractivity contribution in [3.05, 3.63) is 41.2 Å². The van der Waals surface area contributed by atoms with E-state index in [0.717, 1.165) is 0 Å². The Kier molecular flexibility index (Phi) is 3.46. The van der Waals surface area contributed by atoms with Crippen molar-refractivity contribution in [2.45, 2.75) is 0 Å². The topological polar surface area (TPSA) is 60.7 Å². The minimum atomic E-state index is -0.322. The molecule has 0 radical (unpaired) electrons.